The van der Waals surface area contributed by atoms with Crippen LogP contribution in [0.15, 0.2) is 69.9 Å². The van der Waals surface area contributed by atoms with Gasteiger partial charge in [-0.3, -0.25) is 13.9 Å². The summed E-state index contributed by atoms with van der Waals surface area (Å²) in [5, 5.41) is 3.69. The van der Waals surface area contributed by atoms with Gasteiger partial charge in [-0.1, -0.05) is 60.4 Å². The number of hydrogen-bond acceptors (Lipinski definition) is 7. The first-order valence-electron chi connectivity index (χ1n) is 10.4. The lowest BCUT2D eigenvalue weighted by Gasteiger charge is -2.12. The maximum Gasteiger partial charge on any atom is 0.278 e. The molecule has 0 radical (unpaired) electrons. The van der Waals surface area contributed by atoms with Crippen LogP contribution in [0.25, 0.3) is 21.7 Å². The number of thioether (sulfide) groups is 1. The summed E-state index contributed by atoms with van der Waals surface area (Å²) in [7, 11) is 0. The fraction of sp³-hybridized carbons (Fsp3) is 0.167. The summed E-state index contributed by atoms with van der Waals surface area (Å²) in [5.41, 5.74) is 4.42. The molecule has 0 atom stereocenters. The second kappa shape index (κ2) is 9.34. The van der Waals surface area contributed by atoms with Crippen molar-refractivity contribution in [2.75, 3.05) is 0 Å². The monoisotopic (exact) mass is 508 g/mol. The Morgan fingerprint density at radius 1 is 1.00 bits per heavy atom. The van der Waals surface area contributed by atoms with Gasteiger partial charge in [-0.2, -0.15) is 0 Å². The third-order valence-corrected chi connectivity index (χ3v) is 8.36. The lowest BCUT2D eigenvalue weighted by Crippen LogP contribution is -2.21. The van der Waals surface area contributed by atoms with Crippen LogP contribution in [0, 0.1) is 10.9 Å². The van der Waals surface area contributed by atoms with E-state index in [2.05, 4.69) is 24.0 Å². The number of thiazole rings is 2. The number of aromatic nitrogens is 4. The molecule has 0 unspecified atom stereocenters. The predicted molar refractivity (Wildman–Crippen MR) is 141 cm³/mol. The summed E-state index contributed by atoms with van der Waals surface area (Å²) in [6.45, 7) is 4.12. The summed E-state index contributed by atoms with van der Waals surface area (Å²) in [6, 6.07) is 17.9. The molecule has 5 nitrogen and oxygen atoms in total. The Bertz CT molecular complexity index is 1550. The fourth-order valence-electron chi connectivity index (χ4n) is 3.56. The first-order valence-corrected chi connectivity index (χ1v) is 13.5. The Labute approximate surface area is 208 Å². The van der Waals surface area contributed by atoms with Crippen LogP contribution >= 0.6 is 46.7 Å². The molecule has 0 bridgehead atoms. The average Bonchev–Trinajstić information content (AvgIpc) is 3.40. The van der Waals surface area contributed by atoms with Crippen LogP contribution < -0.4 is 5.56 Å². The summed E-state index contributed by atoms with van der Waals surface area (Å²) < 4.78 is 4.75. The van der Waals surface area contributed by atoms with Gasteiger partial charge in [0, 0.05) is 16.8 Å². The minimum Gasteiger partial charge on any atom is -0.275 e. The number of para-hydroxylation sites is 1. The van der Waals surface area contributed by atoms with Crippen molar-refractivity contribution in [2.45, 2.75) is 31.2 Å². The van der Waals surface area contributed by atoms with Crippen molar-refractivity contribution in [1.29, 1.82) is 0 Å². The third kappa shape index (κ3) is 4.33. The molecule has 0 saturated heterocycles. The maximum atomic E-state index is 13.7. The maximum absolute atomic E-state index is 13.7. The normalized spacial score (nSPS) is 11.3. The molecule has 0 N–H and O–H groups in total. The van der Waals surface area contributed by atoms with Crippen molar-refractivity contribution in [3.8, 4) is 11.4 Å². The average molecular weight is 509 g/mol. The van der Waals surface area contributed by atoms with Crippen molar-refractivity contribution in [2.24, 2.45) is 0 Å². The van der Waals surface area contributed by atoms with Gasteiger partial charge in [0.15, 0.2) is 14.8 Å². The number of hydrogen-bond donors (Lipinski definition) is 0. The zero-order valence-corrected chi connectivity index (χ0v) is 21.3. The Kier molecular flexibility index (Phi) is 6.29. The van der Waals surface area contributed by atoms with Crippen molar-refractivity contribution in [1.82, 2.24) is 19.1 Å². The molecule has 3 heterocycles. The third-order valence-electron chi connectivity index (χ3n) is 5.21. The van der Waals surface area contributed by atoms with Gasteiger partial charge in [0.25, 0.3) is 5.56 Å². The van der Waals surface area contributed by atoms with Gasteiger partial charge >= 0.3 is 0 Å². The summed E-state index contributed by atoms with van der Waals surface area (Å²) in [5.74, 6) is 0.630. The molecule has 166 valence electrons. The molecular weight excluding hydrogens is 489 g/mol. The summed E-state index contributed by atoms with van der Waals surface area (Å²) in [4.78, 5) is 23.3. The van der Waals surface area contributed by atoms with Crippen LogP contribution in [0.4, 0.5) is 0 Å². The topological polar surface area (TPSA) is 52.7 Å². The molecule has 0 spiro atoms. The highest BCUT2D eigenvalue weighted by molar-refractivity contribution is 7.98. The van der Waals surface area contributed by atoms with Crippen molar-refractivity contribution in [3.05, 3.63) is 90.6 Å². The van der Waals surface area contributed by atoms with E-state index in [0.717, 1.165) is 28.5 Å². The van der Waals surface area contributed by atoms with E-state index in [1.165, 1.54) is 28.7 Å². The van der Waals surface area contributed by atoms with E-state index < -0.39 is 0 Å². The minimum atomic E-state index is -0.108. The summed E-state index contributed by atoms with van der Waals surface area (Å²) >= 11 is 10.1. The number of nitrogens with zero attached hydrogens (tertiary/aromatic N) is 4. The molecule has 0 saturated carbocycles. The molecule has 3 aromatic heterocycles. The smallest absolute Gasteiger partial charge is 0.275 e. The first-order chi connectivity index (χ1) is 16.0. The van der Waals surface area contributed by atoms with Gasteiger partial charge in [0.05, 0.1) is 16.4 Å². The predicted octanol–water partition coefficient (Wildman–Crippen LogP) is 6.59. The number of benzene rings is 2. The number of fused-ring (bicyclic) bond motifs is 1. The van der Waals surface area contributed by atoms with Crippen LogP contribution in [0.2, 0.25) is 0 Å². The molecule has 0 aliphatic rings. The van der Waals surface area contributed by atoms with Gasteiger partial charge in [-0.15, -0.1) is 11.3 Å². The van der Waals surface area contributed by atoms with E-state index in [4.69, 9.17) is 17.2 Å². The number of rotatable bonds is 6. The molecule has 0 fully saturated rings. The van der Waals surface area contributed by atoms with E-state index in [1.807, 2.05) is 59.3 Å². The lowest BCUT2D eigenvalue weighted by atomic mass is 10.1. The molecule has 5 rings (SSSR count). The Morgan fingerprint density at radius 3 is 2.39 bits per heavy atom. The first kappa shape index (κ1) is 22.2. The standard InChI is InChI=1S/C24H20N4OS4/c1-3-16-9-11-19(12-10-16)27-21-20(33-24(27)30)22(29)28(18-7-5-4-6-8-18)23(26-21)32-14-17-13-31-15(2)25-17/h4-13H,3,14H2,1-2H3. The van der Waals surface area contributed by atoms with Crippen molar-refractivity contribution in [3.63, 3.8) is 0 Å². The van der Waals surface area contributed by atoms with E-state index in [1.54, 1.807) is 15.9 Å². The van der Waals surface area contributed by atoms with Crippen LogP contribution in [0.1, 0.15) is 23.2 Å². The molecule has 33 heavy (non-hydrogen) atoms. The minimum absolute atomic E-state index is 0.108. The summed E-state index contributed by atoms with van der Waals surface area (Å²) in [6.07, 6.45) is 0.965. The van der Waals surface area contributed by atoms with E-state index in [0.29, 0.717) is 25.2 Å². The molecule has 0 aliphatic heterocycles. The van der Waals surface area contributed by atoms with E-state index in [9.17, 15) is 4.79 Å². The second-order valence-electron chi connectivity index (χ2n) is 7.39. The highest BCUT2D eigenvalue weighted by Crippen LogP contribution is 2.29. The van der Waals surface area contributed by atoms with E-state index in [-0.39, 0.29) is 5.56 Å². The Balaban J connectivity index is 1.70. The van der Waals surface area contributed by atoms with Gasteiger partial charge < -0.3 is 0 Å². The Hall–Kier alpha value is -2.59. The Morgan fingerprint density at radius 2 is 1.73 bits per heavy atom. The number of aryl methyl sites for hydroxylation is 2. The van der Waals surface area contributed by atoms with Gasteiger partial charge in [0.2, 0.25) is 0 Å². The highest BCUT2D eigenvalue weighted by atomic mass is 32.2. The van der Waals surface area contributed by atoms with Gasteiger partial charge in [0.1, 0.15) is 4.70 Å². The van der Waals surface area contributed by atoms with Crippen LogP contribution in [-0.2, 0) is 12.2 Å². The molecule has 5 aromatic rings. The second-order valence-corrected chi connectivity index (χ2v) is 11.0. The molecule has 0 aliphatic carbocycles. The van der Waals surface area contributed by atoms with Crippen LogP contribution in [-0.4, -0.2) is 19.1 Å². The van der Waals surface area contributed by atoms with Crippen LogP contribution in [0.3, 0.4) is 0 Å². The SMILES string of the molecule is CCc1ccc(-n2c(=S)sc3c(=O)n(-c4ccccc4)c(SCc4csc(C)n4)nc32)cc1. The quantitative estimate of drug-likeness (QED) is 0.147. The van der Waals surface area contributed by atoms with Crippen molar-refractivity contribution >= 4 is 57.0 Å². The molecule has 2 aromatic carbocycles. The van der Waals surface area contributed by atoms with Crippen LogP contribution in [0.5, 0.6) is 0 Å². The zero-order chi connectivity index (χ0) is 22.9. The largest absolute Gasteiger partial charge is 0.278 e. The van der Waals surface area contributed by atoms with E-state index >= 15 is 0 Å². The fourth-order valence-corrected chi connectivity index (χ4v) is 6.48. The van der Waals surface area contributed by atoms with Gasteiger partial charge in [-0.05, 0) is 55.4 Å². The molecular formula is C24H20N4OS4. The van der Waals surface area contributed by atoms with Crippen molar-refractivity contribution < 1.29 is 0 Å². The molecule has 9 heteroatoms. The lowest BCUT2D eigenvalue weighted by molar-refractivity contribution is 0.811. The van der Waals surface area contributed by atoms with Gasteiger partial charge in [-0.25, -0.2) is 9.97 Å². The zero-order valence-electron chi connectivity index (χ0n) is 18.0. The molecule has 0 amide bonds. The highest BCUT2D eigenvalue weighted by Gasteiger charge is 2.19.